The van der Waals surface area contributed by atoms with Crippen molar-refractivity contribution in [1.82, 2.24) is 30.6 Å². The molecule has 6 rings (SSSR count). The van der Waals surface area contributed by atoms with Gasteiger partial charge in [0.15, 0.2) is 5.82 Å². The first kappa shape index (κ1) is 33.3. The number of nitrogens with two attached hydrogens (primary N) is 1. The largest absolute Gasteiger partial charge is 0.507 e. The van der Waals surface area contributed by atoms with E-state index in [4.69, 9.17) is 5.73 Å². The zero-order chi connectivity index (χ0) is 34.5. The number of nitrogens with one attached hydrogen (secondary N) is 3. The summed E-state index contributed by atoms with van der Waals surface area (Å²) in [5, 5.41) is 26.9. The first-order valence-corrected chi connectivity index (χ1v) is 16.4. The summed E-state index contributed by atoms with van der Waals surface area (Å²) in [6.45, 7) is 4.23. The molecule has 1 atom stereocenters. The molecule has 3 aliphatic heterocycles. The quantitative estimate of drug-likeness (QED) is 0.137. The fourth-order valence-electron chi connectivity index (χ4n) is 6.34. The first-order valence-electron chi connectivity index (χ1n) is 16.4. The van der Waals surface area contributed by atoms with Crippen molar-refractivity contribution >= 4 is 46.7 Å². The van der Waals surface area contributed by atoms with Gasteiger partial charge in [0.25, 0.3) is 11.8 Å². The van der Waals surface area contributed by atoms with E-state index in [1.807, 2.05) is 12.1 Å². The minimum Gasteiger partial charge on any atom is -0.507 e. The SMILES string of the molecule is Nc1nnc(-c2ccccc2O)cc1N1CCN(CC(=O)NCCCCCNc2ccc3c(c2)C(=O)N(C2CCC(=O)NC2=O)C3=O)CC1. The number of phenols is 1. The van der Waals surface area contributed by atoms with E-state index in [1.165, 1.54) is 0 Å². The highest BCUT2D eigenvalue weighted by Gasteiger charge is 2.44. The van der Waals surface area contributed by atoms with E-state index >= 15 is 0 Å². The molecule has 2 fully saturated rings. The lowest BCUT2D eigenvalue weighted by atomic mass is 10.0. The summed E-state index contributed by atoms with van der Waals surface area (Å²) in [5.41, 5.74) is 9.19. The van der Waals surface area contributed by atoms with Crippen LogP contribution in [-0.4, -0.2) is 106 Å². The van der Waals surface area contributed by atoms with E-state index in [-0.39, 0.29) is 35.6 Å². The summed E-state index contributed by atoms with van der Waals surface area (Å²) in [5.74, 6) is -1.70. The van der Waals surface area contributed by atoms with Crippen LogP contribution in [0, 0.1) is 0 Å². The molecule has 3 aliphatic rings. The predicted molar refractivity (Wildman–Crippen MR) is 181 cm³/mol. The number of piperazine rings is 1. The zero-order valence-electron chi connectivity index (χ0n) is 27.0. The standard InChI is InChI=1S/C34H39N9O6/c35-31-27(19-25(39-40-31)23-6-2-3-7-28(23)44)42-16-14-41(15-17-42)20-30(46)37-13-5-1-4-12-36-21-8-9-22-24(18-21)34(49)43(33(22)48)26-10-11-29(45)38-32(26)47/h2-3,6-9,18-19,26,36,44H,1,4-5,10-17,20H2,(H2,35,40)(H,37,46)(H,38,45,47). The van der Waals surface area contributed by atoms with Crippen molar-refractivity contribution in [2.75, 3.05) is 61.8 Å². The number of nitrogen functional groups attached to an aromatic ring is 1. The van der Waals surface area contributed by atoms with Crippen LogP contribution in [0.3, 0.4) is 0 Å². The van der Waals surface area contributed by atoms with Gasteiger partial charge in [0.05, 0.1) is 29.1 Å². The molecule has 6 N–H and O–H groups in total. The monoisotopic (exact) mass is 669 g/mol. The second-order valence-electron chi connectivity index (χ2n) is 12.3. The molecule has 49 heavy (non-hydrogen) atoms. The second kappa shape index (κ2) is 14.7. The lowest BCUT2D eigenvalue weighted by molar-refractivity contribution is -0.136. The molecule has 2 saturated heterocycles. The Morgan fingerprint density at radius 1 is 0.898 bits per heavy atom. The molecule has 1 unspecified atom stereocenters. The van der Waals surface area contributed by atoms with Gasteiger partial charge in [-0.2, -0.15) is 0 Å². The van der Waals surface area contributed by atoms with Gasteiger partial charge in [0.1, 0.15) is 11.8 Å². The van der Waals surface area contributed by atoms with Gasteiger partial charge in [-0.05, 0) is 62.1 Å². The Hall–Kier alpha value is -5.57. The average Bonchev–Trinajstić information content (AvgIpc) is 3.33. The van der Waals surface area contributed by atoms with Crippen molar-refractivity contribution in [2.45, 2.75) is 38.1 Å². The van der Waals surface area contributed by atoms with E-state index in [9.17, 15) is 29.1 Å². The number of aromatic nitrogens is 2. The number of phenolic OH excluding ortho intramolecular Hbond substituents is 1. The number of anilines is 3. The number of nitrogens with zero attached hydrogens (tertiary/aromatic N) is 5. The van der Waals surface area contributed by atoms with Crippen molar-refractivity contribution in [3.8, 4) is 17.0 Å². The molecule has 15 nitrogen and oxygen atoms in total. The molecule has 2 aromatic carbocycles. The molecule has 256 valence electrons. The lowest BCUT2D eigenvalue weighted by Crippen LogP contribution is -2.54. The van der Waals surface area contributed by atoms with Crippen molar-refractivity contribution in [3.63, 3.8) is 0 Å². The number of para-hydroxylation sites is 1. The van der Waals surface area contributed by atoms with Crippen LogP contribution in [0.1, 0.15) is 52.8 Å². The Labute approximate surface area is 282 Å². The van der Waals surface area contributed by atoms with Crippen molar-refractivity contribution in [3.05, 3.63) is 59.7 Å². The number of amides is 5. The summed E-state index contributed by atoms with van der Waals surface area (Å²) in [4.78, 5) is 67.4. The van der Waals surface area contributed by atoms with Gasteiger partial charge in [-0.1, -0.05) is 12.1 Å². The first-order chi connectivity index (χ1) is 23.7. The molecular weight excluding hydrogens is 630 g/mol. The van der Waals surface area contributed by atoms with Crippen LogP contribution in [0.5, 0.6) is 5.75 Å². The molecule has 15 heteroatoms. The zero-order valence-corrected chi connectivity index (χ0v) is 27.0. The lowest BCUT2D eigenvalue weighted by Gasteiger charge is -2.36. The number of imide groups is 2. The number of hydrogen-bond donors (Lipinski definition) is 5. The molecule has 1 aromatic heterocycles. The fraction of sp³-hybridized carbons (Fsp3) is 0.382. The third-order valence-electron chi connectivity index (χ3n) is 9.01. The van der Waals surface area contributed by atoms with Gasteiger partial charge in [0.2, 0.25) is 17.7 Å². The maximum atomic E-state index is 13.0. The Morgan fingerprint density at radius 2 is 1.65 bits per heavy atom. The maximum absolute atomic E-state index is 13.0. The summed E-state index contributed by atoms with van der Waals surface area (Å²) >= 11 is 0. The van der Waals surface area contributed by atoms with Crippen LogP contribution in [0.4, 0.5) is 17.2 Å². The Bertz CT molecular complexity index is 1770. The molecule has 0 spiro atoms. The van der Waals surface area contributed by atoms with Crippen LogP contribution < -0.4 is 26.6 Å². The molecule has 0 saturated carbocycles. The summed E-state index contributed by atoms with van der Waals surface area (Å²) in [6, 6.07) is 12.7. The van der Waals surface area contributed by atoms with E-state index in [0.29, 0.717) is 68.6 Å². The van der Waals surface area contributed by atoms with Gasteiger partial charge in [0, 0.05) is 56.9 Å². The highest BCUT2D eigenvalue weighted by atomic mass is 16.3. The van der Waals surface area contributed by atoms with E-state index < -0.39 is 29.7 Å². The van der Waals surface area contributed by atoms with Gasteiger partial charge in [-0.3, -0.25) is 39.1 Å². The van der Waals surface area contributed by atoms with Crippen LogP contribution in [0.15, 0.2) is 48.5 Å². The maximum Gasteiger partial charge on any atom is 0.262 e. The Balaban J connectivity index is 0.876. The van der Waals surface area contributed by atoms with Crippen LogP contribution >= 0.6 is 0 Å². The molecule has 0 radical (unpaired) electrons. The number of unbranched alkanes of at least 4 members (excludes halogenated alkanes) is 2. The smallest absolute Gasteiger partial charge is 0.262 e. The molecule has 5 amide bonds. The van der Waals surface area contributed by atoms with E-state index in [0.717, 1.165) is 29.8 Å². The van der Waals surface area contributed by atoms with E-state index in [2.05, 4.69) is 35.9 Å². The number of rotatable bonds is 12. The number of carbonyl (C=O) groups is 5. The van der Waals surface area contributed by atoms with Crippen LogP contribution in [-0.2, 0) is 14.4 Å². The predicted octanol–water partition coefficient (Wildman–Crippen LogP) is 1.35. The molecule has 0 aliphatic carbocycles. The minimum absolute atomic E-state index is 0.0257. The molecule has 0 bridgehead atoms. The number of carbonyl (C=O) groups excluding carboxylic acids is 5. The van der Waals surface area contributed by atoms with Gasteiger partial charge < -0.3 is 26.4 Å². The van der Waals surface area contributed by atoms with Gasteiger partial charge in [-0.25, -0.2) is 0 Å². The van der Waals surface area contributed by atoms with Crippen molar-refractivity contribution < 1.29 is 29.1 Å². The van der Waals surface area contributed by atoms with Crippen molar-refractivity contribution in [2.24, 2.45) is 0 Å². The Kier molecular flexibility index (Phi) is 9.99. The minimum atomic E-state index is -0.991. The molecule has 3 aromatic rings. The molecule has 4 heterocycles. The molecular formula is C34H39N9O6. The number of fused-ring (bicyclic) bond motifs is 1. The van der Waals surface area contributed by atoms with Crippen LogP contribution in [0.2, 0.25) is 0 Å². The fourth-order valence-corrected chi connectivity index (χ4v) is 6.34. The summed E-state index contributed by atoms with van der Waals surface area (Å²) in [6.07, 6.45) is 2.71. The summed E-state index contributed by atoms with van der Waals surface area (Å²) < 4.78 is 0. The van der Waals surface area contributed by atoms with Gasteiger partial charge >= 0.3 is 0 Å². The van der Waals surface area contributed by atoms with Gasteiger partial charge in [-0.15, -0.1) is 10.2 Å². The normalized spacial score (nSPS) is 18.0. The van der Waals surface area contributed by atoms with Crippen molar-refractivity contribution in [1.29, 1.82) is 0 Å². The summed E-state index contributed by atoms with van der Waals surface area (Å²) in [7, 11) is 0. The average molecular weight is 670 g/mol. The number of benzene rings is 2. The number of aromatic hydroxyl groups is 1. The Morgan fingerprint density at radius 3 is 2.43 bits per heavy atom. The second-order valence-corrected chi connectivity index (χ2v) is 12.3. The topological polar surface area (TPSA) is 203 Å². The van der Waals surface area contributed by atoms with Crippen LogP contribution in [0.25, 0.3) is 11.3 Å². The third kappa shape index (κ3) is 7.46. The number of hydrogen-bond acceptors (Lipinski definition) is 12. The van der Waals surface area contributed by atoms with E-state index in [1.54, 1.807) is 36.4 Å². The third-order valence-corrected chi connectivity index (χ3v) is 9.01. The number of piperidine rings is 1. The highest BCUT2D eigenvalue weighted by molar-refractivity contribution is 6.23. The highest BCUT2D eigenvalue weighted by Crippen LogP contribution is 2.32.